The molecular formula is C26H38N2O6. The van der Waals surface area contributed by atoms with Crippen LogP contribution in [0.25, 0.3) is 0 Å². The first-order chi connectivity index (χ1) is 16.3. The van der Waals surface area contributed by atoms with Crippen molar-refractivity contribution < 1.29 is 29.0 Å². The maximum atomic E-state index is 11.9. The number of rotatable bonds is 13. The minimum atomic E-state index is -1.13. The van der Waals surface area contributed by atoms with Crippen LogP contribution in [0.1, 0.15) is 76.1 Å². The number of nitrogens with zero attached hydrogens (tertiary/aromatic N) is 1. The first-order valence-corrected chi connectivity index (χ1v) is 12.0. The van der Waals surface area contributed by atoms with Gasteiger partial charge in [0.25, 0.3) is 11.8 Å². The molecule has 8 heteroatoms. The number of anilines is 1. The predicted octanol–water partition coefficient (Wildman–Crippen LogP) is 4.66. The summed E-state index contributed by atoms with van der Waals surface area (Å²) in [6.07, 6.45) is 8.61. The van der Waals surface area contributed by atoms with Crippen molar-refractivity contribution in [2.24, 2.45) is 5.92 Å². The summed E-state index contributed by atoms with van der Waals surface area (Å²) in [5, 5.41) is 11.9. The molecule has 2 rings (SSSR count). The second-order valence-corrected chi connectivity index (χ2v) is 8.22. The molecule has 0 bridgehead atoms. The van der Waals surface area contributed by atoms with Gasteiger partial charge >= 0.3 is 11.9 Å². The quantitative estimate of drug-likeness (QED) is 0.316. The van der Waals surface area contributed by atoms with E-state index in [1.165, 1.54) is 12.8 Å². The standard InChI is InChI=1S/C16H25NO2.C10H13NO4/c1-4-6-7-13(5-2)12-19-16(18)14-8-10-15(17-3)11-9-14;1-2-3-4-7(10(14)15)11-8(12)5-6-9(11)13/h8-11,13,17H,4-7,12H2,1-3H3;5-7H,2-4H2,1H3,(H,14,15). The number of hydrogen-bond acceptors (Lipinski definition) is 6. The van der Waals surface area contributed by atoms with Crippen LogP contribution in [-0.2, 0) is 19.1 Å². The average Bonchev–Trinajstić information content (AvgIpc) is 3.17. The summed E-state index contributed by atoms with van der Waals surface area (Å²) in [4.78, 5) is 46.1. The zero-order valence-electron chi connectivity index (χ0n) is 20.7. The molecule has 1 aromatic carbocycles. The van der Waals surface area contributed by atoms with E-state index in [9.17, 15) is 19.2 Å². The molecule has 0 saturated carbocycles. The third kappa shape index (κ3) is 9.37. The largest absolute Gasteiger partial charge is 0.480 e. The van der Waals surface area contributed by atoms with E-state index in [2.05, 4.69) is 19.2 Å². The van der Waals surface area contributed by atoms with Crippen LogP contribution >= 0.6 is 0 Å². The lowest BCUT2D eigenvalue weighted by molar-refractivity contribution is -0.153. The van der Waals surface area contributed by atoms with Gasteiger partial charge in [0, 0.05) is 24.9 Å². The number of carbonyl (C=O) groups is 4. The molecule has 0 spiro atoms. The lowest BCUT2D eigenvalue weighted by atomic mass is 10.0. The minimum absolute atomic E-state index is 0.224. The lowest BCUT2D eigenvalue weighted by Crippen LogP contribution is -2.44. The van der Waals surface area contributed by atoms with Crippen molar-refractivity contribution in [2.75, 3.05) is 19.0 Å². The van der Waals surface area contributed by atoms with Crippen molar-refractivity contribution in [3.63, 3.8) is 0 Å². The maximum Gasteiger partial charge on any atom is 0.338 e. The average molecular weight is 475 g/mol. The first-order valence-electron chi connectivity index (χ1n) is 12.0. The Kier molecular flexibility index (Phi) is 13.3. The van der Waals surface area contributed by atoms with Gasteiger partial charge in [-0.15, -0.1) is 0 Å². The van der Waals surface area contributed by atoms with Crippen LogP contribution in [-0.4, -0.2) is 53.5 Å². The van der Waals surface area contributed by atoms with E-state index in [-0.39, 0.29) is 5.97 Å². The first kappa shape index (κ1) is 28.9. The molecule has 1 aromatic rings. The molecule has 8 nitrogen and oxygen atoms in total. The highest BCUT2D eigenvalue weighted by atomic mass is 16.5. The monoisotopic (exact) mass is 474 g/mol. The van der Waals surface area contributed by atoms with Gasteiger partial charge < -0.3 is 15.2 Å². The van der Waals surface area contributed by atoms with Crippen LogP contribution < -0.4 is 5.32 Å². The molecule has 2 unspecified atom stereocenters. The summed E-state index contributed by atoms with van der Waals surface area (Å²) >= 11 is 0. The molecule has 1 heterocycles. The number of imide groups is 1. The van der Waals surface area contributed by atoms with Crippen LogP contribution in [0.4, 0.5) is 5.69 Å². The van der Waals surface area contributed by atoms with Crippen molar-refractivity contribution in [3.05, 3.63) is 42.0 Å². The Bertz CT molecular complexity index is 816. The fraction of sp³-hybridized carbons (Fsp3) is 0.538. The Hall–Kier alpha value is -3.16. The number of unbranched alkanes of at least 4 members (excludes halogenated alkanes) is 2. The summed E-state index contributed by atoms with van der Waals surface area (Å²) in [5.74, 6) is -1.95. The van der Waals surface area contributed by atoms with E-state index in [4.69, 9.17) is 9.84 Å². The van der Waals surface area contributed by atoms with Crippen LogP contribution in [0, 0.1) is 5.92 Å². The molecule has 2 N–H and O–H groups in total. The highest BCUT2D eigenvalue weighted by Gasteiger charge is 2.35. The normalized spacial score (nSPS) is 14.3. The van der Waals surface area contributed by atoms with Crippen LogP contribution in [0.2, 0.25) is 0 Å². The van der Waals surface area contributed by atoms with E-state index in [0.29, 0.717) is 30.9 Å². The number of benzene rings is 1. The molecule has 188 valence electrons. The zero-order chi connectivity index (χ0) is 25.5. The molecule has 0 aromatic heterocycles. The van der Waals surface area contributed by atoms with E-state index in [0.717, 1.165) is 42.0 Å². The number of carbonyl (C=O) groups excluding carboxylic acids is 3. The Morgan fingerprint density at radius 2 is 1.53 bits per heavy atom. The van der Waals surface area contributed by atoms with Gasteiger partial charge in [-0.2, -0.15) is 0 Å². The van der Waals surface area contributed by atoms with E-state index in [1.54, 1.807) is 12.1 Å². The molecular weight excluding hydrogens is 436 g/mol. The topological polar surface area (TPSA) is 113 Å². The number of ether oxygens (including phenoxy) is 1. The summed E-state index contributed by atoms with van der Waals surface area (Å²) in [6.45, 7) is 6.78. The zero-order valence-corrected chi connectivity index (χ0v) is 20.7. The molecule has 0 aliphatic carbocycles. The second kappa shape index (κ2) is 15.6. The van der Waals surface area contributed by atoms with Gasteiger partial charge in [-0.1, -0.05) is 52.9 Å². The molecule has 2 amide bonds. The summed E-state index contributed by atoms with van der Waals surface area (Å²) in [6, 6.07) is 6.32. The Labute approximate surface area is 202 Å². The van der Waals surface area contributed by atoms with Crippen molar-refractivity contribution >= 4 is 29.4 Å². The van der Waals surface area contributed by atoms with Gasteiger partial charge in [0.2, 0.25) is 0 Å². The van der Waals surface area contributed by atoms with Gasteiger partial charge in [0.15, 0.2) is 0 Å². The minimum Gasteiger partial charge on any atom is -0.480 e. The van der Waals surface area contributed by atoms with Crippen molar-refractivity contribution in [3.8, 4) is 0 Å². The van der Waals surface area contributed by atoms with Gasteiger partial charge in [0.1, 0.15) is 6.04 Å². The number of carboxylic acid groups (broad SMARTS) is 1. The highest BCUT2D eigenvalue weighted by molar-refractivity contribution is 6.14. The fourth-order valence-electron chi connectivity index (χ4n) is 3.43. The summed E-state index contributed by atoms with van der Waals surface area (Å²) in [7, 11) is 1.85. The van der Waals surface area contributed by atoms with Gasteiger partial charge in [-0.3, -0.25) is 14.5 Å². The maximum absolute atomic E-state index is 11.9. The molecule has 0 fully saturated rings. The number of aliphatic carboxylic acids is 1. The van der Waals surface area contributed by atoms with E-state index >= 15 is 0 Å². The van der Waals surface area contributed by atoms with Crippen molar-refractivity contribution in [1.29, 1.82) is 0 Å². The smallest absolute Gasteiger partial charge is 0.338 e. The van der Waals surface area contributed by atoms with Crippen molar-refractivity contribution in [2.45, 2.75) is 71.8 Å². The van der Waals surface area contributed by atoms with Crippen LogP contribution in [0.15, 0.2) is 36.4 Å². The SMILES string of the molecule is CCCCC(C(=O)O)N1C(=O)C=CC1=O.CCCCC(CC)COC(=O)c1ccc(NC)cc1. The number of hydrogen-bond donors (Lipinski definition) is 2. The van der Waals surface area contributed by atoms with Gasteiger partial charge in [0.05, 0.1) is 12.2 Å². The molecule has 2 atom stereocenters. The number of amides is 2. The molecule has 0 saturated heterocycles. The number of nitrogens with one attached hydrogen (secondary N) is 1. The summed E-state index contributed by atoms with van der Waals surface area (Å²) < 4.78 is 5.39. The van der Waals surface area contributed by atoms with Gasteiger partial charge in [-0.05, 0) is 43.0 Å². The number of carboxylic acids is 1. The van der Waals surface area contributed by atoms with Crippen LogP contribution in [0.5, 0.6) is 0 Å². The Morgan fingerprint density at radius 3 is 2.00 bits per heavy atom. The second-order valence-electron chi connectivity index (χ2n) is 8.22. The van der Waals surface area contributed by atoms with Crippen molar-refractivity contribution in [1.82, 2.24) is 4.90 Å². The van der Waals surface area contributed by atoms with E-state index in [1.807, 2.05) is 26.1 Å². The third-order valence-corrected chi connectivity index (χ3v) is 5.67. The van der Waals surface area contributed by atoms with Crippen LogP contribution in [0.3, 0.4) is 0 Å². The highest BCUT2D eigenvalue weighted by Crippen LogP contribution is 2.16. The Balaban J connectivity index is 0.000000350. The molecule has 0 radical (unpaired) electrons. The molecule has 1 aliphatic rings. The van der Waals surface area contributed by atoms with E-state index < -0.39 is 23.8 Å². The number of esters is 1. The predicted molar refractivity (Wildman–Crippen MR) is 132 cm³/mol. The lowest BCUT2D eigenvalue weighted by Gasteiger charge is -2.21. The Morgan fingerprint density at radius 1 is 0.971 bits per heavy atom. The summed E-state index contributed by atoms with van der Waals surface area (Å²) in [5.41, 5.74) is 1.61. The van der Waals surface area contributed by atoms with Gasteiger partial charge in [-0.25, -0.2) is 9.59 Å². The molecule has 1 aliphatic heterocycles. The third-order valence-electron chi connectivity index (χ3n) is 5.67. The molecule has 34 heavy (non-hydrogen) atoms. The fourth-order valence-corrected chi connectivity index (χ4v) is 3.43.